The molecule has 0 rings (SSSR count). The van der Waals surface area contributed by atoms with Gasteiger partial charge in [-0.1, -0.05) is 20.3 Å². The lowest BCUT2D eigenvalue weighted by atomic mass is 10.2. The smallest absolute Gasteiger partial charge is 0.281 e. The fourth-order valence-electron chi connectivity index (χ4n) is 1.67. The molecule has 0 aromatic heterocycles. The highest BCUT2D eigenvalue weighted by Gasteiger charge is 2.29. The van der Waals surface area contributed by atoms with E-state index >= 15 is 0 Å². The van der Waals surface area contributed by atoms with Gasteiger partial charge in [0.25, 0.3) is 10.2 Å². The van der Waals surface area contributed by atoms with E-state index in [4.69, 9.17) is 5.11 Å². The third kappa shape index (κ3) is 5.22. The predicted octanol–water partition coefficient (Wildman–Crippen LogP) is 1.45. The standard InChI is InChI=1S/C12H28N2O3S/c1-5-7-10-14(12(3)6-2)18(16,17)13(4)9-8-11-15/h12,15H,5-11H2,1-4H3. The molecule has 1 atom stereocenters. The van der Waals surface area contributed by atoms with Crippen LogP contribution in [0.15, 0.2) is 0 Å². The molecule has 0 radical (unpaired) electrons. The molecule has 6 heteroatoms. The maximum atomic E-state index is 12.4. The molecule has 0 aliphatic heterocycles. The van der Waals surface area contributed by atoms with Gasteiger partial charge < -0.3 is 5.11 Å². The molecule has 110 valence electrons. The second kappa shape index (κ2) is 8.85. The lowest BCUT2D eigenvalue weighted by Crippen LogP contribution is -2.47. The molecule has 0 bridgehead atoms. The Hall–Kier alpha value is -0.170. The topological polar surface area (TPSA) is 60.9 Å². The minimum atomic E-state index is -3.40. The van der Waals surface area contributed by atoms with Crippen molar-refractivity contribution in [2.45, 2.75) is 52.5 Å². The number of nitrogens with zero attached hydrogens (tertiary/aromatic N) is 2. The molecule has 5 nitrogen and oxygen atoms in total. The molecule has 0 fully saturated rings. The van der Waals surface area contributed by atoms with E-state index in [1.807, 2.05) is 13.8 Å². The number of unbranched alkanes of at least 4 members (excludes halogenated alkanes) is 1. The summed E-state index contributed by atoms with van der Waals surface area (Å²) >= 11 is 0. The summed E-state index contributed by atoms with van der Waals surface area (Å²) in [5.74, 6) is 0. The van der Waals surface area contributed by atoms with E-state index in [9.17, 15) is 8.42 Å². The molecular formula is C12H28N2O3S. The van der Waals surface area contributed by atoms with Crippen molar-refractivity contribution in [1.82, 2.24) is 8.61 Å². The third-order valence-electron chi connectivity index (χ3n) is 3.14. The molecule has 0 aromatic rings. The Morgan fingerprint density at radius 1 is 1.17 bits per heavy atom. The molecule has 1 N–H and O–H groups in total. The monoisotopic (exact) mass is 280 g/mol. The predicted molar refractivity (Wildman–Crippen MR) is 74.6 cm³/mol. The number of aliphatic hydroxyl groups is 1. The van der Waals surface area contributed by atoms with Crippen LogP contribution in [0.1, 0.15) is 46.5 Å². The van der Waals surface area contributed by atoms with Gasteiger partial charge in [-0.25, -0.2) is 0 Å². The first-order valence-electron chi connectivity index (χ1n) is 6.75. The Labute approximate surface area is 112 Å². The van der Waals surface area contributed by atoms with Gasteiger partial charge in [0.05, 0.1) is 0 Å². The van der Waals surface area contributed by atoms with Crippen molar-refractivity contribution >= 4 is 10.2 Å². The Morgan fingerprint density at radius 2 is 1.78 bits per heavy atom. The van der Waals surface area contributed by atoms with Crippen LogP contribution in [0.4, 0.5) is 0 Å². The van der Waals surface area contributed by atoms with Gasteiger partial charge in [-0.05, 0) is 26.2 Å². The molecule has 0 saturated heterocycles. The van der Waals surface area contributed by atoms with Crippen molar-refractivity contribution in [3.63, 3.8) is 0 Å². The van der Waals surface area contributed by atoms with Crippen LogP contribution in [0.25, 0.3) is 0 Å². The van der Waals surface area contributed by atoms with E-state index in [0.717, 1.165) is 19.3 Å². The maximum absolute atomic E-state index is 12.4. The van der Waals surface area contributed by atoms with Crippen molar-refractivity contribution in [3.8, 4) is 0 Å². The molecule has 1 unspecified atom stereocenters. The van der Waals surface area contributed by atoms with Gasteiger partial charge in [-0.15, -0.1) is 0 Å². The zero-order chi connectivity index (χ0) is 14.2. The van der Waals surface area contributed by atoms with Gasteiger partial charge in [-0.2, -0.15) is 17.0 Å². The Bertz CT molecular complexity index is 306. The zero-order valence-electron chi connectivity index (χ0n) is 12.1. The third-order valence-corrected chi connectivity index (χ3v) is 5.24. The summed E-state index contributed by atoms with van der Waals surface area (Å²) in [4.78, 5) is 0. The fraction of sp³-hybridized carbons (Fsp3) is 1.00. The van der Waals surface area contributed by atoms with Crippen molar-refractivity contribution < 1.29 is 13.5 Å². The SMILES string of the molecule is CCCCN(C(C)CC)S(=O)(=O)N(C)CCCO. The van der Waals surface area contributed by atoms with Gasteiger partial charge in [0.15, 0.2) is 0 Å². The molecule has 0 saturated carbocycles. The number of rotatable bonds is 10. The summed E-state index contributed by atoms with van der Waals surface area (Å²) in [6.07, 6.45) is 3.12. The molecule has 0 aliphatic rings. The second-order valence-corrected chi connectivity index (χ2v) is 6.62. The van der Waals surface area contributed by atoms with E-state index < -0.39 is 10.2 Å². The van der Waals surface area contributed by atoms with E-state index in [2.05, 4.69) is 6.92 Å². The summed E-state index contributed by atoms with van der Waals surface area (Å²) in [7, 11) is -1.83. The van der Waals surface area contributed by atoms with Crippen LogP contribution in [0, 0.1) is 0 Å². The zero-order valence-corrected chi connectivity index (χ0v) is 12.9. The molecule has 0 amide bonds. The van der Waals surface area contributed by atoms with Crippen molar-refractivity contribution in [1.29, 1.82) is 0 Å². The lowest BCUT2D eigenvalue weighted by Gasteiger charge is -2.31. The van der Waals surface area contributed by atoms with Gasteiger partial charge in [0.2, 0.25) is 0 Å². The summed E-state index contributed by atoms with van der Waals surface area (Å²) in [6.45, 7) is 6.92. The van der Waals surface area contributed by atoms with Crippen LogP contribution in [-0.4, -0.2) is 54.9 Å². The van der Waals surface area contributed by atoms with Gasteiger partial charge >= 0.3 is 0 Å². The van der Waals surface area contributed by atoms with E-state index in [-0.39, 0.29) is 12.6 Å². The molecule has 18 heavy (non-hydrogen) atoms. The maximum Gasteiger partial charge on any atom is 0.281 e. The number of aliphatic hydroxyl groups excluding tert-OH is 1. The number of hydrogen-bond donors (Lipinski definition) is 1. The average molecular weight is 280 g/mol. The Kier molecular flexibility index (Phi) is 8.77. The largest absolute Gasteiger partial charge is 0.396 e. The first-order chi connectivity index (χ1) is 8.41. The second-order valence-electron chi connectivity index (χ2n) is 4.63. The first-order valence-corrected chi connectivity index (χ1v) is 8.15. The highest BCUT2D eigenvalue weighted by molar-refractivity contribution is 7.86. The van der Waals surface area contributed by atoms with E-state index in [1.165, 1.54) is 4.31 Å². The van der Waals surface area contributed by atoms with Crippen molar-refractivity contribution in [2.75, 3.05) is 26.7 Å². The Morgan fingerprint density at radius 3 is 2.22 bits per heavy atom. The van der Waals surface area contributed by atoms with Gasteiger partial charge in [-0.3, -0.25) is 0 Å². The van der Waals surface area contributed by atoms with Gasteiger partial charge in [0, 0.05) is 32.8 Å². The van der Waals surface area contributed by atoms with Crippen LogP contribution in [-0.2, 0) is 10.2 Å². The van der Waals surface area contributed by atoms with Crippen LogP contribution < -0.4 is 0 Å². The minimum absolute atomic E-state index is 0.0121. The van der Waals surface area contributed by atoms with Crippen molar-refractivity contribution in [2.24, 2.45) is 0 Å². The average Bonchev–Trinajstić information content (AvgIpc) is 2.35. The van der Waals surface area contributed by atoms with Crippen LogP contribution in [0.2, 0.25) is 0 Å². The summed E-state index contributed by atoms with van der Waals surface area (Å²) < 4.78 is 27.7. The van der Waals surface area contributed by atoms with Crippen LogP contribution >= 0.6 is 0 Å². The fourth-order valence-corrected chi connectivity index (χ4v) is 3.35. The number of hydrogen-bond acceptors (Lipinski definition) is 3. The summed E-state index contributed by atoms with van der Waals surface area (Å²) in [6, 6.07) is 0.0122. The minimum Gasteiger partial charge on any atom is -0.396 e. The summed E-state index contributed by atoms with van der Waals surface area (Å²) in [5, 5.41) is 8.78. The highest BCUT2D eigenvalue weighted by Crippen LogP contribution is 2.15. The van der Waals surface area contributed by atoms with Crippen molar-refractivity contribution in [3.05, 3.63) is 0 Å². The molecule has 0 aliphatic carbocycles. The van der Waals surface area contributed by atoms with E-state index in [1.54, 1.807) is 11.4 Å². The van der Waals surface area contributed by atoms with Crippen LogP contribution in [0.3, 0.4) is 0 Å². The normalized spacial score (nSPS) is 14.4. The van der Waals surface area contributed by atoms with Crippen LogP contribution in [0.5, 0.6) is 0 Å². The quantitative estimate of drug-likeness (QED) is 0.659. The van der Waals surface area contributed by atoms with E-state index in [0.29, 0.717) is 19.5 Å². The first kappa shape index (κ1) is 17.8. The molecular weight excluding hydrogens is 252 g/mol. The van der Waals surface area contributed by atoms with Gasteiger partial charge in [0.1, 0.15) is 0 Å². The lowest BCUT2D eigenvalue weighted by molar-refractivity contribution is 0.263. The molecule has 0 aromatic carbocycles. The highest BCUT2D eigenvalue weighted by atomic mass is 32.2. The molecule has 0 spiro atoms. The molecule has 0 heterocycles. The Balaban J connectivity index is 4.83. The summed E-state index contributed by atoms with van der Waals surface area (Å²) in [5.41, 5.74) is 0.